The zero-order chi connectivity index (χ0) is 9.62. The molecular weight excluding hydrogens is 188 g/mol. The summed E-state index contributed by atoms with van der Waals surface area (Å²) in [6.45, 7) is -3.09. The fraction of sp³-hybridized carbons (Fsp3) is 1.00. The van der Waals surface area contributed by atoms with E-state index < -0.39 is 30.9 Å². The molecule has 0 aromatic heterocycles. The van der Waals surface area contributed by atoms with Gasteiger partial charge in [-0.1, -0.05) is 0 Å². The fourth-order valence-corrected chi connectivity index (χ4v) is 0.803. The molecule has 1 aliphatic rings. The first kappa shape index (κ1) is 9.63. The van der Waals surface area contributed by atoms with Gasteiger partial charge in [0, 0.05) is 0 Å². The van der Waals surface area contributed by atoms with Crippen molar-refractivity contribution in [2.75, 3.05) is 13.1 Å². The fourth-order valence-electron chi connectivity index (χ4n) is 0.803. The van der Waals surface area contributed by atoms with Crippen molar-refractivity contribution < 1.29 is 26.3 Å². The van der Waals surface area contributed by atoms with Crippen LogP contribution in [-0.2, 0) is 0 Å². The standard InChI is InChI=1S/C5H4F6N/c6-3(7)1-12-2-4(8,9)5(3,10)11/h1-2H2. The topological polar surface area (TPSA) is 14.1 Å². The van der Waals surface area contributed by atoms with E-state index in [0.717, 1.165) is 0 Å². The van der Waals surface area contributed by atoms with Gasteiger partial charge in [-0.05, 0) is 0 Å². The summed E-state index contributed by atoms with van der Waals surface area (Å²) in [6.07, 6.45) is 0. The number of nitrogens with zero attached hydrogens (tertiary/aromatic N) is 1. The van der Waals surface area contributed by atoms with Gasteiger partial charge < -0.3 is 0 Å². The summed E-state index contributed by atoms with van der Waals surface area (Å²) < 4.78 is 73.0. The third-order valence-electron chi connectivity index (χ3n) is 1.54. The second-order valence-electron chi connectivity index (χ2n) is 2.52. The van der Waals surface area contributed by atoms with E-state index in [1.54, 1.807) is 0 Å². The molecule has 0 aromatic carbocycles. The zero-order valence-electron chi connectivity index (χ0n) is 5.63. The van der Waals surface area contributed by atoms with E-state index in [2.05, 4.69) is 5.32 Å². The van der Waals surface area contributed by atoms with E-state index in [1.165, 1.54) is 0 Å². The summed E-state index contributed by atoms with van der Waals surface area (Å²) in [5, 5.41) is 2.60. The maximum atomic E-state index is 12.2. The number of piperidine rings is 1. The molecule has 1 heterocycles. The smallest absolute Gasteiger partial charge is 0.229 e. The summed E-state index contributed by atoms with van der Waals surface area (Å²) in [5.74, 6) is -14.8. The van der Waals surface area contributed by atoms with Crippen LogP contribution in [-0.4, -0.2) is 30.9 Å². The van der Waals surface area contributed by atoms with Crippen molar-refractivity contribution in [3.8, 4) is 0 Å². The molecule has 1 saturated heterocycles. The van der Waals surface area contributed by atoms with Crippen molar-refractivity contribution in [1.29, 1.82) is 0 Å². The van der Waals surface area contributed by atoms with Gasteiger partial charge in [-0.15, -0.1) is 0 Å². The molecule has 7 heteroatoms. The minimum Gasteiger partial charge on any atom is -0.229 e. The van der Waals surface area contributed by atoms with Crippen LogP contribution in [0.1, 0.15) is 0 Å². The first-order chi connectivity index (χ1) is 5.21. The highest BCUT2D eigenvalue weighted by Crippen LogP contribution is 2.47. The lowest BCUT2D eigenvalue weighted by atomic mass is 10.0. The molecule has 0 saturated carbocycles. The van der Waals surface area contributed by atoms with Gasteiger partial charge in [0.25, 0.3) is 0 Å². The Balaban J connectivity index is 2.99. The summed E-state index contributed by atoms with van der Waals surface area (Å²) >= 11 is 0. The van der Waals surface area contributed by atoms with Crippen LogP contribution >= 0.6 is 0 Å². The Morgan fingerprint density at radius 2 is 1.08 bits per heavy atom. The SMILES string of the molecule is FC1(F)C[N]CC(F)(F)C1(F)F. The number of hydrogen-bond acceptors (Lipinski definition) is 0. The monoisotopic (exact) mass is 192 g/mol. The Morgan fingerprint density at radius 1 is 0.750 bits per heavy atom. The molecule has 12 heavy (non-hydrogen) atoms. The van der Waals surface area contributed by atoms with E-state index in [4.69, 9.17) is 0 Å². The van der Waals surface area contributed by atoms with Crippen LogP contribution in [0.15, 0.2) is 0 Å². The highest BCUT2D eigenvalue weighted by molar-refractivity contribution is 5.02. The first-order valence-corrected chi connectivity index (χ1v) is 2.97. The number of halogens is 6. The van der Waals surface area contributed by atoms with Crippen molar-refractivity contribution >= 4 is 0 Å². The molecule has 0 N–H and O–H groups in total. The Kier molecular flexibility index (Phi) is 1.82. The Bertz CT molecular complexity index is 170. The Labute approximate surface area is 63.7 Å². The van der Waals surface area contributed by atoms with Crippen LogP contribution in [0.5, 0.6) is 0 Å². The lowest BCUT2D eigenvalue weighted by molar-refractivity contribution is -0.320. The van der Waals surface area contributed by atoms with Gasteiger partial charge in [0.05, 0.1) is 13.1 Å². The second kappa shape index (κ2) is 2.27. The second-order valence-corrected chi connectivity index (χ2v) is 2.52. The molecule has 1 radical (unpaired) electrons. The first-order valence-electron chi connectivity index (χ1n) is 2.97. The highest BCUT2D eigenvalue weighted by Gasteiger charge is 2.73. The number of hydrogen-bond donors (Lipinski definition) is 0. The minimum absolute atomic E-state index is 1.55. The van der Waals surface area contributed by atoms with Gasteiger partial charge in [0.1, 0.15) is 0 Å². The van der Waals surface area contributed by atoms with Gasteiger partial charge in [0.2, 0.25) is 0 Å². The van der Waals surface area contributed by atoms with Gasteiger partial charge >= 0.3 is 17.8 Å². The molecule has 0 aromatic rings. The number of alkyl halides is 6. The largest absolute Gasteiger partial charge is 0.374 e. The van der Waals surface area contributed by atoms with Crippen LogP contribution in [0.4, 0.5) is 26.3 Å². The molecule has 0 amide bonds. The third-order valence-corrected chi connectivity index (χ3v) is 1.54. The van der Waals surface area contributed by atoms with Gasteiger partial charge in [-0.3, -0.25) is 0 Å². The van der Waals surface area contributed by atoms with Crippen molar-refractivity contribution in [1.82, 2.24) is 5.32 Å². The van der Waals surface area contributed by atoms with Crippen molar-refractivity contribution in [3.05, 3.63) is 0 Å². The van der Waals surface area contributed by atoms with Crippen molar-refractivity contribution in [3.63, 3.8) is 0 Å². The molecule has 0 atom stereocenters. The molecule has 71 valence electrons. The third kappa shape index (κ3) is 1.07. The molecule has 0 bridgehead atoms. The van der Waals surface area contributed by atoms with Gasteiger partial charge in [-0.25, -0.2) is 5.32 Å². The van der Waals surface area contributed by atoms with Crippen LogP contribution in [0.3, 0.4) is 0 Å². The van der Waals surface area contributed by atoms with Gasteiger partial charge in [-0.2, -0.15) is 26.3 Å². The molecule has 1 rings (SSSR count). The molecule has 0 spiro atoms. The maximum Gasteiger partial charge on any atom is 0.374 e. The average Bonchev–Trinajstić information content (AvgIpc) is 1.83. The quantitative estimate of drug-likeness (QED) is 0.516. The lowest BCUT2D eigenvalue weighted by Gasteiger charge is -2.36. The number of rotatable bonds is 0. The van der Waals surface area contributed by atoms with E-state index in [1.807, 2.05) is 0 Å². The van der Waals surface area contributed by atoms with E-state index in [0.29, 0.717) is 0 Å². The summed E-state index contributed by atoms with van der Waals surface area (Å²) in [4.78, 5) is 0. The molecule has 1 fully saturated rings. The van der Waals surface area contributed by atoms with E-state index in [9.17, 15) is 26.3 Å². The average molecular weight is 192 g/mol. The highest BCUT2D eigenvalue weighted by atomic mass is 19.3. The summed E-state index contributed by atoms with van der Waals surface area (Å²) in [5.41, 5.74) is 0. The van der Waals surface area contributed by atoms with Crippen LogP contribution in [0, 0.1) is 0 Å². The molecular formula is C5H4F6N. The van der Waals surface area contributed by atoms with E-state index >= 15 is 0 Å². The van der Waals surface area contributed by atoms with E-state index in [-0.39, 0.29) is 0 Å². The van der Waals surface area contributed by atoms with Crippen molar-refractivity contribution in [2.45, 2.75) is 17.8 Å². The molecule has 0 unspecified atom stereocenters. The molecule has 0 aliphatic carbocycles. The normalized spacial score (nSPS) is 31.5. The lowest BCUT2D eigenvalue weighted by Crippen LogP contribution is -2.64. The van der Waals surface area contributed by atoms with Crippen LogP contribution < -0.4 is 5.32 Å². The minimum atomic E-state index is -5.29. The van der Waals surface area contributed by atoms with Crippen molar-refractivity contribution in [2.24, 2.45) is 0 Å². The zero-order valence-corrected chi connectivity index (χ0v) is 5.63. The molecule has 1 nitrogen and oxygen atoms in total. The maximum absolute atomic E-state index is 12.2. The summed E-state index contributed by atoms with van der Waals surface area (Å²) in [7, 11) is 0. The van der Waals surface area contributed by atoms with Crippen LogP contribution in [0.25, 0.3) is 0 Å². The Hall–Kier alpha value is -0.460. The summed E-state index contributed by atoms with van der Waals surface area (Å²) in [6, 6.07) is 0. The molecule has 1 aliphatic heterocycles. The van der Waals surface area contributed by atoms with Crippen LogP contribution in [0.2, 0.25) is 0 Å². The Morgan fingerprint density at radius 3 is 1.33 bits per heavy atom. The van der Waals surface area contributed by atoms with Gasteiger partial charge in [0.15, 0.2) is 0 Å². The predicted octanol–water partition coefficient (Wildman–Crippen LogP) is 1.51. The predicted molar refractivity (Wildman–Crippen MR) is 26.7 cm³/mol.